The van der Waals surface area contributed by atoms with Crippen molar-refractivity contribution in [2.75, 3.05) is 38.7 Å². The standard InChI is InChI=1S/C36H52N4O6/c1-25-22-40(26(2)24-41)35(43)31-21-30(37-34(42)28-14-7-5-8-15-28)18-19-32(31)46-27(3)13-11-12-20-45-33(25)23-39(4)36(44)38-29-16-9-6-10-17-29/h5,7-8,14-15,18-19,21,25-27,29,33,41H,6,9-13,16-17,20,22-24H2,1-4H3,(H,37,42)(H,38,44)/t25-,26-,27+,33-/m0/s1. The van der Waals surface area contributed by atoms with Gasteiger partial charge in [-0.1, -0.05) is 44.4 Å². The molecule has 0 spiro atoms. The molecule has 1 heterocycles. The fraction of sp³-hybridized carbons (Fsp3) is 0.583. The van der Waals surface area contributed by atoms with Crippen molar-refractivity contribution in [2.24, 2.45) is 5.92 Å². The van der Waals surface area contributed by atoms with E-state index in [4.69, 9.17) is 9.47 Å². The Balaban J connectivity index is 1.58. The molecule has 10 heteroatoms. The van der Waals surface area contributed by atoms with Gasteiger partial charge in [-0.3, -0.25) is 9.59 Å². The van der Waals surface area contributed by atoms with Gasteiger partial charge in [0.15, 0.2) is 0 Å². The molecule has 3 N–H and O–H groups in total. The minimum Gasteiger partial charge on any atom is -0.490 e. The molecule has 10 nitrogen and oxygen atoms in total. The summed E-state index contributed by atoms with van der Waals surface area (Å²) in [5.74, 6) is -0.323. The van der Waals surface area contributed by atoms with Gasteiger partial charge in [0.2, 0.25) is 0 Å². The van der Waals surface area contributed by atoms with Crippen LogP contribution in [0.4, 0.5) is 10.5 Å². The topological polar surface area (TPSA) is 120 Å². The number of aliphatic hydroxyl groups excluding tert-OH is 1. The maximum absolute atomic E-state index is 14.3. The highest BCUT2D eigenvalue weighted by Gasteiger charge is 2.31. The number of carbonyl (C=O) groups is 3. The average molecular weight is 637 g/mol. The first kappa shape index (κ1) is 35.2. The van der Waals surface area contributed by atoms with Crippen LogP contribution in [0.1, 0.15) is 92.9 Å². The molecule has 2 aromatic rings. The lowest BCUT2D eigenvalue weighted by Gasteiger charge is -2.36. The van der Waals surface area contributed by atoms with E-state index in [0.29, 0.717) is 42.3 Å². The molecule has 1 saturated carbocycles. The number of nitrogens with zero attached hydrogens (tertiary/aromatic N) is 2. The number of fused-ring (bicyclic) bond motifs is 1. The van der Waals surface area contributed by atoms with E-state index in [1.165, 1.54) is 6.42 Å². The fourth-order valence-electron chi connectivity index (χ4n) is 6.14. The van der Waals surface area contributed by atoms with Gasteiger partial charge in [-0.2, -0.15) is 0 Å². The first-order chi connectivity index (χ1) is 22.2. The zero-order valence-electron chi connectivity index (χ0n) is 27.9. The number of hydrogen-bond donors (Lipinski definition) is 3. The molecule has 4 amide bonds. The Morgan fingerprint density at radius 1 is 1.02 bits per heavy atom. The van der Waals surface area contributed by atoms with Crippen LogP contribution in [0, 0.1) is 5.92 Å². The van der Waals surface area contributed by atoms with E-state index in [2.05, 4.69) is 10.6 Å². The van der Waals surface area contributed by atoms with Crippen LogP contribution in [0.15, 0.2) is 48.5 Å². The van der Waals surface area contributed by atoms with Crippen molar-refractivity contribution in [3.05, 3.63) is 59.7 Å². The van der Waals surface area contributed by atoms with Crippen LogP contribution in [-0.2, 0) is 4.74 Å². The zero-order chi connectivity index (χ0) is 33.1. The molecule has 2 aliphatic rings. The Hall–Kier alpha value is -3.63. The van der Waals surface area contributed by atoms with Crippen molar-refractivity contribution >= 4 is 23.5 Å². The molecule has 0 unspecified atom stereocenters. The summed E-state index contributed by atoms with van der Waals surface area (Å²) < 4.78 is 12.7. The number of nitrogens with one attached hydrogen (secondary N) is 2. The summed E-state index contributed by atoms with van der Waals surface area (Å²) >= 11 is 0. The molecule has 0 aromatic heterocycles. The summed E-state index contributed by atoms with van der Waals surface area (Å²) in [6.45, 7) is 6.77. The highest BCUT2D eigenvalue weighted by molar-refractivity contribution is 6.05. The smallest absolute Gasteiger partial charge is 0.317 e. The molecule has 1 aliphatic carbocycles. The number of rotatable bonds is 7. The molecule has 1 fully saturated rings. The second kappa shape index (κ2) is 17.3. The van der Waals surface area contributed by atoms with Crippen LogP contribution in [0.3, 0.4) is 0 Å². The summed E-state index contributed by atoms with van der Waals surface area (Å²) in [5.41, 5.74) is 1.28. The van der Waals surface area contributed by atoms with E-state index in [0.717, 1.165) is 44.9 Å². The highest BCUT2D eigenvalue weighted by Crippen LogP contribution is 2.29. The van der Waals surface area contributed by atoms with Crippen LogP contribution in [-0.4, -0.2) is 90.4 Å². The number of urea groups is 1. The summed E-state index contributed by atoms with van der Waals surface area (Å²) in [6.07, 6.45) is 7.50. The lowest BCUT2D eigenvalue weighted by atomic mass is 9.96. The van der Waals surface area contributed by atoms with E-state index < -0.39 is 6.04 Å². The van der Waals surface area contributed by atoms with Crippen molar-refractivity contribution in [3.8, 4) is 5.75 Å². The normalized spacial score (nSPS) is 22.5. The van der Waals surface area contributed by atoms with Crippen molar-refractivity contribution in [2.45, 2.75) is 96.4 Å². The number of hydrogen-bond acceptors (Lipinski definition) is 6. The van der Waals surface area contributed by atoms with Gasteiger partial charge in [0.1, 0.15) is 5.75 Å². The van der Waals surface area contributed by atoms with Gasteiger partial charge in [0.25, 0.3) is 11.8 Å². The van der Waals surface area contributed by atoms with Crippen molar-refractivity contribution < 1.29 is 29.0 Å². The van der Waals surface area contributed by atoms with E-state index in [1.54, 1.807) is 66.2 Å². The molecule has 252 valence electrons. The number of anilines is 1. The number of ether oxygens (including phenoxy) is 2. The molecule has 4 atom stereocenters. The second-order valence-electron chi connectivity index (χ2n) is 13.0. The minimum atomic E-state index is -0.497. The second-order valence-corrected chi connectivity index (χ2v) is 13.0. The van der Waals surface area contributed by atoms with Gasteiger partial charge >= 0.3 is 6.03 Å². The monoisotopic (exact) mass is 636 g/mol. The van der Waals surface area contributed by atoms with Crippen LogP contribution in [0.5, 0.6) is 5.75 Å². The first-order valence-electron chi connectivity index (χ1n) is 16.9. The molecule has 0 saturated heterocycles. The minimum absolute atomic E-state index is 0.108. The van der Waals surface area contributed by atoms with E-state index in [-0.39, 0.29) is 48.6 Å². The molecule has 0 radical (unpaired) electrons. The quantitative estimate of drug-likeness (QED) is 0.358. The van der Waals surface area contributed by atoms with Crippen LogP contribution in [0.25, 0.3) is 0 Å². The maximum Gasteiger partial charge on any atom is 0.317 e. The maximum atomic E-state index is 14.3. The van der Waals surface area contributed by atoms with Gasteiger partial charge < -0.3 is 35.0 Å². The van der Waals surface area contributed by atoms with E-state index >= 15 is 0 Å². The third-order valence-corrected chi connectivity index (χ3v) is 9.08. The predicted octanol–water partition coefficient (Wildman–Crippen LogP) is 5.71. The molecule has 0 bridgehead atoms. The van der Waals surface area contributed by atoms with Crippen LogP contribution in [0.2, 0.25) is 0 Å². The Labute approximate surface area is 273 Å². The lowest BCUT2D eigenvalue weighted by molar-refractivity contribution is -0.0123. The number of amides is 4. The Bertz CT molecular complexity index is 1280. The first-order valence-corrected chi connectivity index (χ1v) is 16.9. The molecule has 1 aliphatic heterocycles. The lowest BCUT2D eigenvalue weighted by Crippen LogP contribution is -2.50. The Morgan fingerprint density at radius 3 is 2.46 bits per heavy atom. The number of likely N-dealkylation sites (N-methyl/N-ethyl adjacent to an activating group) is 1. The van der Waals surface area contributed by atoms with Gasteiger partial charge in [-0.05, 0) is 76.3 Å². The number of aliphatic hydroxyl groups is 1. The van der Waals surface area contributed by atoms with Crippen LogP contribution < -0.4 is 15.4 Å². The zero-order valence-corrected chi connectivity index (χ0v) is 27.9. The third kappa shape index (κ3) is 9.93. The molecule has 2 aromatic carbocycles. The van der Waals surface area contributed by atoms with Gasteiger partial charge in [0, 0.05) is 50.0 Å². The predicted molar refractivity (Wildman–Crippen MR) is 179 cm³/mol. The van der Waals surface area contributed by atoms with Gasteiger partial charge in [-0.25, -0.2) is 4.79 Å². The molecular weight excluding hydrogens is 584 g/mol. The molecule has 4 rings (SSSR count). The third-order valence-electron chi connectivity index (χ3n) is 9.08. The van der Waals surface area contributed by atoms with Gasteiger partial charge in [0.05, 0.1) is 30.4 Å². The molecular formula is C36H52N4O6. The number of benzene rings is 2. The summed E-state index contributed by atoms with van der Waals surface area (Å²) in [7, 11) is 1.79. The Morgan fingerprint density at radius 2 is 1.74 bits per heavy atom. The van der Waals surface area contributed by atoms with Crippen molar-refractivity contribution in [1.29, 1.82) is 0 Å². The number of carbonyl (C=O) groups excluding carboxylic acids is 3. The summed E-state index contributed by atoms with van der Waals surface area (Å²) in [6, 6.07) is 13.6. The SMILES string of the molecule is C[C@@H]1CCCCO[C@@H](CN(C)C(=O)NC2CCCCC2)[C@@H](C)CN([C@@H](C)CO)C(=O)c2cc(NC(=O)c3ccccc3)ccc2O1. The summed E-state index contributed by atoms with van der Waals surface area (Å²) in [4.78, 5) is 43.7. The average Bonchev–Trinajstić information content (AvgIpc) is 3.06. The van der Waals surface area contributed by atoms with Crippen molar-refractivity contribution in [3.63, 3.8) is 0 Å². The van der Waals surface area contributed by atoms with Crippen LogP contribution >= 0.6 is 0 Å². The van der Waals surface area contributed by atoms with E-state index in [1.807, 2.05) is 19.9 Å². The largest absolute Gasteiger partial charge is 0.490 e. The van der Waals surface area contributed by atoms with Gasteiger partial charge in [-0.15, -0.1) is 0 Å². The Kier molecular flexibility index (Phi) is 13.3. The highest BCUT2D eigenvalue weighted by atomic mass is 16.5. The summed E-state index contributed by atoms with van der Waals surface area (Å²) in [5, 5.41) is 16.3. The fourth-order valence-corrected chi connectivity index (χ4v) is 6.14. The van der Waals surface area contributed by atoms with Crippen molar-refractivity contribution in [1.82, 2.24) is 15.1 Å². The molecule has 46 heavy (non-hydrogen) atoms. The van der Waals surface area contributed by atoms with E-state index in [9.17, 15) is 19.5 Å².